The number of benzene rings is 2. The first kappa shape index (κ1) is 22.0. The summed E-state index contributed by atoms with van der Waals surface area (Å²) in [7, 11) is 0. The van der Waals surface area contributed by atoms with Gasteiger partial charge in [-0.25, -0.2) is 0 Å². The topological polar surface area (TPSA) is 103 Å². The van der Waals surface area contributed by atoms with Crippen molar-refractivity contribution < 1.29 is 9.59 Å². The van der Waals surface area contributed by atoms with E-state index in [1.807, 2.05) is 38.1 Å². The number of H-pyrrole nitrogens is 1. The summed E-state index contributed by atoms with van der Waals surface area (Å²) in [6, 6.07) is 16.0. The predicted molar refractivity (Wildman–Crippen MR) is 130 cm³/mol. The third-order valence-electron chi connectivity index (χ3n) is 4.96. The SMILES string of the molecule is Cc1[nH]c(=O)sc1C1N=C(NC(=O)Cc2cccc(NC(=O)c3ccccc3)c2)SC1C. The molecule has 0 saturated carbocycles. The highest BCUT2D eigenvalue weighted by atomic mass is 32.2. The van der Waals surface area contributed by atoms with Gasteiger partial charge >= 0.3 is 4.87 Å². The van der Waals surface area contributed by atoms with Gasteiger partial charge in [0.15, 0.2) is 5.17 Å². The standard InChI is InChI=1S/C23H22N4O3S2/c1-13-20(32-23(30)24-13)19-14(2)31-22(27-19)26-18(28)12-15-7-6-10-17(11-15)25-21(29)16-8-4-3-5-9-16/h3-11,14,19H,12H2,1-2H3,(H,24,30)(H,25,29)(H,26,27,28). The normalized spacial score (nSPS) is 17.6. The second kappa shape index (κ2) is 9.54. The Bertz CT molecular complexity index is 1230. The number of amidine groups is 1. The van der Waals surface area contributed by atoms with Crippen molar-refractivity contribution in [2.45, 2.75) is 31.6 Å². The first-order valence-electron chi connectivity index (χ1n) is 10.1. The zero-order valence-corrected chi connectivity index (χ0v) is 19.2. The highest BCUT2D eigenvalue weighted by Gasteiger charge is 2.31. The lowest BCUT2D eigenvalue weighted by atomic mass is 10.1. The lowest BCUT2D eigenvalue weighted by Crippen LogP contribution is -2.29. The number of nitrogens with one attached hydrogen (secondary N) is 3. The molecule has 4 rings (SSSR count). The number of thiazole rings is 1. The molecule has 0 saturated heterocycles. The minimum Gasteiger partial charge on any atom is -0.322 e. The van der Waals surface area contributed by atoms with Gasteiger partial charge in [-0.2, -0.15) is 0 Å². The summed E-state index contributed by atoms with van der Waals surface area (Å²) < 4.78 is 0. The van der Waals surface area contributed by atoms with Gasteiger partial charge in [-0.3, -0.25) is 19.4 Å². The number of anilines is 1. The largest absolute Gasteiger partial charge is 0.322 e. The number of amides is 2. The second-order valence-electron chi connectivity index (χ2n) is 7.45. The van der Waals surface area contributed by atoms with Crippen LogP contribution in [0.15, 0.2) is 64.4 Å². The van der Waals surface area contributed by atoms with E-state index in [4.69, 9.17) is 0 Å². The van der Waals surface area contributed by atoms with Crippen LogP contribution in [-0.4, -0.2) is 27.2 Å². The summed E-state index contributed by atoms with van der Waals surface area (Å²) in [4.78, 5) is 44.8. The van der Waals surface area contributed by atoms with E-state index < -0.39 is 0 Å². The Morgan fingerprint density at radius 1 is 1.09 bits per heavy atom. The van der Waals surface area contributed by atoms with Crippen LogP contribution in [0.25, 0.3) is 0 Å². The van der Waals surface area contributed by atoms with Crippen LogP contribution in [0.5, 0.6) is 0 Å². The van der Waals surface area contributed by atoms with Crippen LogP contribution < -0.4 is 15.5 Å². The first-order chi connectivity index (χ1) is 15.4. The number of aromatic nitrogens is 1. The van der Waals surface area contributed by atoms with Gasteiger partial charge in [0.25, 0.3) is 5.91 Å². The van der Waals surface area contributed by atoms with E-state index >= 15 is 0 Å². The van der Waals surface area contributed by atoms with Gasteiger partial charge in [-0.1, -0.05) is 60.4 Å². The van der Waals surface area contributed by atoms with Crippen molar-refractivity contribution in [3.63, 3.8) is 0 Å². The number of aromatic amines is 1. The van der Waals surface area contributed by atoms with Crippen LogP contribution in [0.4, 0.5) is 5.69 Å². The number of carbonyl (C=O) groups is 2. The molecular formula is C23H22N4O3S2. The van der Waals surface area contributed by atoms with Crippen molar-refractivity contribution in [3.8, 4) is 0 Å². The maximum atomic E-state index is 12.6. The summed E-state index contributed by atoms with van der Waals surface area (Å²) in [5, 5.41) is 6.40. The highest BCUT2D eigenvalue weighted by Crippen LogP contribution is 2.38. The molecule has 3 aromatic rings. The van der Waals surface area contributed by atoms with E-state index in [0.717, 1.165) is 27.5 Å². The number of hydrogen-bond acceptors (Lipinski definition) is 6. The zero-order valence-electron chi connectivity index (χ0n) is 17.5. The number of aryl methyl sites for hydroxylation is 1. The van der Waals surface area contributed by atoms with Gasteiger partial charge in [0, 0.05) is 22.2 Å². The van der Waals surface area contributed by atoms with Gasteiger partial charge in [-0.15, -0.1) is 0 Å². The molecule has 2 unspecified atom stereocenters. The summed E-state index contributed by atoms with van der Waals surface area (Å²) >= 11 is 2.65. The Morgan fingerprint density at radius 3 is 2.59 bits per heavy atom. The lowest BCUT2D eigenvalue weighted by Gasteiger charge is -2.10. The van der Waals surface area contributed by atoms with E-state index in [0.29, 0.717) is 16.4 Å². The lowest BCUT2D eigenvalue weighted by molar-refractivity contribution is -0.119. The molecular weight excluding hydrogens is 444 g/mol. The van der Waals surface area contributed by atoms with E-state index in [2.05, 4.69) is 20.6 Å². The molecule has 1 aliphatic heterocycles. The third-order valence-corrected chi connectivity index (χ3v) is 7.08. The molecule has 0 radical (unpaired) electrons. The van der Waals surface area contributed by atoms with Crippen molar-refractivity contribution in [2.75, 3.05) is 5.32 Å². The van der Waals surface area contributed by atoms with Crippen molar-refractivity contribution in [1.82, 2.24) is 10.3 Å². The quantitative estimate of drug-likeness (QED) is 0.531. The molecule has 2 aromatic carbocycles. The highest BCUT2D eigenvalue weighted by molar-refractivity contribution is 8.14. The summed E-state index contributed by atoms with van der Waals surface area (Å²) in [5.41, 5.74) is 2.80. The van der Waals surface area contributed by atoms with E-state index in [9.17, 15) is 14.4 Å². The minimum atomic E-state index is -0.203. The van der Waals surface area contributed by atoms with Gasteiger partial charge < -0.3 is 15.6 Å². The number of aliphatic imine (C=N–C) groups is 1. The van der Waals surface area contributed by atoms with Crippen molar-refractivity contribution in [3.05, 3.63) is 86.0 Å². The Morgan fingerprint density at radius 2 is 1.88 bits per heavy atom. The molecule has 0 spiro atoms. The van der Waals surface area contributed by atoms with E-state index in [-0.39, 0.29) is 34.4 Å². The fourth-order valence-corrected chi connectivity index (χ4v) is 5.53. The summed E-state index contributed by atoms with van der Waals surface area (Å²) in [6.07, 6.45) is 0.157. The number of hydrogen-bond donors (Lipinski definition) is 3. The average molecular weight is 467 g/mol. The van der Waals surface area contributed by atoms with Crippen LogP contribution in [0, 0.1) is 6.92 Å². The van der Waals surface area contributed by atoms with Crippen molar-refractivity contribution in [1.29, 1.82) is 0 Å². The fourth-order valence-electron chi connectivity index (χ4n) is 3.44. The zero-order chi connectivity index (χ0) is 22.7. The van der Waals surface area contributed by atoms with Crippen LogP contribution in [0.2, 0.25) is 0 Å². The van der Waals surface area contributed by atoms with Gasteiger partial charge in [0.05, 0.1) is 11.3 Å². The van der Waals surface area contributed by atoms with Crippen LogP contribution in [0.1, 0.15) is 39.5 Å². The minimum absolute atomic E-state index is 0.0957. The van der Waals surface area contributed by atoms with Gasteiger partial charge in [0.1, 0.15) is 6.04 Å². The molecule has 9 heteroatoms. The predicted octanol–water partition coefficient (Wildman–Crippen LogP) is 3.89. The van der Waals surface area contributed by atoms with Gasteiger partial charge in [-0.05, 0) is 36.8 Å². The number of thioether (sulfide) groups is 1. The van der Waals surface area contributed by atoms with Crippen LogP contribution in [0.3, 0.4) is 0 Å². The maximum Gasteiger partial charge on any atom is 0.305 e. The fraction of sp³-hybridized carbons (Fsp3) is 0.217. The molecule has 2 atom stereocenters. The monoisotopic (exact) mass is 466 g/mol. The Labute approximate surface area is 193 Å². The molecule has 0 bridgehead atoms. The Kier molecular flexibility index (Phi) is 6.57. The third kappa shape index (κ3) is 5.17. The molecule has 1 aliphatic rings. The van der Waals surface area contributed by atoms with Gasteiger partial charge in [0.2, 0.25) is 5.91 Å². The molecule has 2 amide bonds. The number of nitrogens with zero attached hydrogens (tertiary/aromatic N) is 1. The van der Waals surface area contributed by atoms with Crippen LogP contribution in [-0.2, 0) is 11.2 Å². The smallest absolute Gasteiger partial charge is 0.305 e. The van der Waals surface area contributed by atoms with E-state index in [1.54, 1.807) is 30.3 Å². The molecule has 7 nitrogen and oxygen atoms in total. The molecule has 164 valence electrons. The first-order valence-corrected chi connectivity index (χ1v) is 11.8. The second-order valence-corrected chi connectivity index (χ2v) is 9.83. The van der Waals surface area contributed by atoms with Crippen LogP contribution >= 0.6 is 23.1 Å². The molecule has 1 aromatic heterocycles. The van der Waals surface area contributed by atoms with Crippen molar-refractivity contribution in [2.24, 2.45) is 4.99 Å². The molecule has 3 N–H and O–H groups in total. The number of carbonyl (C=O) groups excluding carboxylic acids is 2. The molecule has 0 aliphatic carbocycles. The Balaban J connectivity index is 1.39. The van der Waals surface area contributed by atoms with E-state index in [1.165, 1.54) is 11.8 Å². The molecule has 0 fully saturated rings. The van der Waals surface area contributed by atoms with Crippen molar-refractivity contribution >= 4 is 45.8 Å². The molecule has 32 heavy (non-hydrogen) atoms. The average Bonchev–Trinajstić information content (AvgIpc) is 3.28. The maximum absolute atomic E-state index is 12.6. The summed E-state index contributed by atoms with van der Waals surface area (Å²) in [5.74, 6) is -0.388. The Hall–Kier alpha value is -3.17. The molecule has 2 heterocycles. The summed E-state index contributed by atoms with van der Waals surface area (Å²) in [6.45, 7) is 3.89. The number of rotatable bonds is 5.